The Hall–Kier alpha value is -0.920. The van der Waals surface area contributed by atoms with E-state index in [0.29, 0.717) is 10.5 Å². The lowest BCUT2D eigenvalue weighted by Crippen LogP contribution is -2.30. The minimum absolute atomic E-state index is 0.111. The first-order valence-corrected chi connectivity index (χ1v) is 7.22. The van der Waals surface area contributed by atoms with E-state index in [9.17, 15) is 13.2 Å². The van der Waals surface area contributed by atoms with Gasteiger partial charge in [0.05, 0.1) is 12.7 Å². The Bertz CT molecular complexity index is 474. The van der Waals surface area contributed by atoms with E-state index in [1.807, 2.05) is 0 Å². The zero-order valence-corrected chi connectivity index (χ0v) is 12.3. The van der Waals surface area contributed by atoms with Crippen LogP contribution in [0.5, 0.6) is 5.75 Å². The van der Waals surface area contributed by atoms with E-state index in [4.69, 9.17) is 10.5 Å². The summed E-state index contributed by atoms with van der Waals surface area (Å²) in [5.74, 6) is -0.278. The van der Waals surface area contributed by atoms with Crippen LogP contribution in [0.15, 0.2) is 23.1 Å². The third-order valence-corrected chi connectivity index (χ3v) is 3.65. The number of nitrogens with two attached hydrogens (primary N) is 1. The molecular weight excluding hydrogens is 303 g/mol. The summed E-state index contributed by atoms with van der Waals surface area (Å²) in [4.78, 5) is 0.404. The molecule has 0 heterocycles. The van der Waals surface area contributed by atoms with E-state index in [0.717, 1.165) is 25.7 Å². The van der Waals surface area contributed by atoms with Crippen LogP contribution in [-0.2, 0) is 11.3 Å². The molecule has 0 amide bonds. The monoisotopic (exact) mass is 321 g/mol. The lowest BCUT2D eigenvalue weighted by atomic mass is 9.94. The highest BCUT2D eigenvalue weighted by atomic mass is 32.1. The van der Waals surface area contributed by atoms with E-state index in [-0.39, 0.29) is 24.5 Å². The van der Waals surface area contributed by atoms with E-state index in [1.54, 1.807) is 6.07 Å². The summed E-state index contributed by atoms with van der Waals surface area (Å²) < 4.78 is 46.3. The zero-order valence-electron chi connectivity index (χ0n) is 11.4. The molecule has 0 saturated heterocycles. The molecule has 1 aliphatic rings. The van der Waals surface area contributed by atoms with Gasteiger partial charge in [-0.05, 0) is 49.4 Å². The van der Waals surface area contributed by atoms with Crippen molar-refractivity contribution in [1.82, 2.24) is 0 Å². The highest BCUT2D eigenvalue weighted by molar-refractivity contribution is 7.80. The van der Waals surface area contributed by atoms with Crippen LogP contribution in [0.4, 0.5) is 13.2 Å². The molecule has 2 rings (SSSR count). The number of halogens is 3. The van der Waals surface area contributed by atoms with Gasteiger partial charge in [0.1, 0.15) is 5.75 Å². The number of rotatable bonds is 4. The van der Waals surface area contributed by atoms with Gasteiger partial charge in [0, 0.05) is 10.9 Å². The van der Waals surface area contributed by atoms with Gasteiger partial charge in [0.2, 0.25) is 0 Å². The van der Waals surface area contributed by atoms with Crippen LogP contribution in [0.3, 0.4) is 0 Å². The summed E-state index contributed by atoms with van der Waals surface area (Å²) in [6, 6.07) is 4.44. The van der Waals surface area contributed by atoms with Crippen molar-refractivity contribution in [1.29, 1.82) is 0 Å². The summed E-state index contributed by atoms with van der Waals surface area (Å²) >= 11 is 4.09. The van der Waals surface area contributed by atoms with Gasteiger partial charge in [-0.3, -0.25) is 0 Å². The van der Waals surface area contributed by atoms with Crippen LogP contribution in [-0.4, -0.2) is 18.5 Å². The highest BCUT2D eigenvalue weighted by Crippen LogP contribution is 2.27. The van der Waals surface area contributed by atoms with Gasteiger partial charge in [-0.25, -0.2) is 0 Å². The summed E-state index contributed by atoms with van der Waals surface area (Å²) in [5, 5.41) is 0. The van der Waals surface area contributed by atoms with Gasteiger partial charge in [0.25, 0.3) is 0 Å². The normalized spacial score (nSPS) is 23.1. The van der Waals surface area contributed by atoms with E-state index in [1.165, 1.54) is 12.1 Å². The van der Waals surface area contributed by atoms with Gasteiger partial charge in [-0.15, -0.1) is 25.8 Å². The molecule has 2 N–H and O–H groups in total. The predicted molar refractivity (Wildman–Crippen MR) is 75.4 cm³/mol. The SMILES string of the molecule is NC1CCC(OCc2cc(S)cc(OC(F)(F)F)c2)CC1. The second kappa shape index (κ2) is 6.89. The van der Waals surface area contributed by atoms with Crippen LogP contribution >= 0.6 is 12.6 Å². The van der Waals surface area contributed by atoms with Crippen LogP contribution in [0, 0.1) is 0 Å². The molecule has 0 bridgehead atoms. The molecule has 1 aliphatic carbocycles. The molecule has 0 radical (unpaired) electrons. The number of ether oxygens (including phenoxy) is 2. The Balaban J connectivity index is 1.93. The van der Waals surface area contributed by atoms with Crippen molar-refractivity contribution in [3.63, 3.8) is 0 Å². The lowest BCUT2D eigenvalue weighted by molar-refractivity contribution is -0.274. The lowest BCUT2D eigenvalue weighted by Gasteiger charge is -2.26. The standard InChI is InChI=1S/C14H18F3NO2S/c15-14(16,17)20-12-5-9(6-13(21)7-12)8-19-11-3-1-10(18)2-4-11/h5-7,10-11,21H,1-4,8,18H2. The fourth-order valence-corrected chi connectivity index (χ4v) is 2.68. The molecule has 1 aromatic carbocycles. The molecule has 118 valence electrons. The third-order valence-electron chi connectivity index (χ3n) is 3.39. The van der Waals surface area contributed by atoms with Crippen molar-refractivity contribution < 1.29 is 22.6 Å². The topological polar surface area (TPSA) is 44.5 Å². The maximum Gasteiger partial charge on any atom is 0.573 e. The smallest absolute Gasteiger partial charge is 0.406 e. The maximum absolute atomic E-state index is 12.2. The maximum atomic E-state index is 12.2. The average Bonchev–Trinajstić information content (AvgIpc) is 2.35. The van der Waals surface area contributed by atoms with Crippen molar-refractivity contribution in [2.45, 2.75) is 55.7 Å². The Morgan fingerprint density at radius 1 is 1.14 bits per heavy atom. The van der Waals surface area contributed by atoms with Gasteiger partial charge in [-0.2, -0.15) is 0 Å². The molecule has 1 saturated carbocycles. The first-order chi connectivity index (χ1) is 9.82. The summed E-state index contributed by atoms with van der Waals surface area (Å²) in [7, 11) is 0. The Kier molecular flexibility index (Phi) is 5.40. The minimum atomic E-state index is -4.71. The van der Waals surface area contributed by atoms with Gasteiger partial charge in [0.15, 0.2) is 0 Å². The average molecular weight is 321 g/mol. The molecule has 21 heavy (non-hydrogen) atoms. The Labute approximate surface area is 127 Å². The fourth-order valence-electron chi connectivity index (χ4n) is 2.39. The fraction of sp³-hybridized carbons (Fsp3) is 0.571. The predicted octanol–water partition coefficient (Wildman–Crippen LogP) is 3.66. The molecule has 0 aliphatic heterocycles. The second-order valence-electron chi connectivity index (χ2n) is 5.23. The number of thiol groups is 1. The van der Waals surface area contributed by atoms with E-state index in [2.05, 4.69) is 17.4 Å². The van der Waals surface area contributed by atoms with Crippen molar-refractivity contribution in [2.24, 2.45) is 5.73 Å². The Morgan fingerprint density at radius 2 is 1.81 bits per heavy atom. The summed E-state index contributed by atoms with van der Waals surface area (Å²) in [5.41, 5.74) is 6.42. The molecule has 7 heteroatoms. The molecule has 0 aromatic heterocycles. The third kappa shape index (κ3) is 5.76. The van der Waals surface area contributed by atoms with Crippen molar-refractivity contribution in [2.75, 3.05) is 0 Å². The molecule has 0 spiro atoms. The summed E-state index contributed by atoms with van der Waals surface area (Å²) in [6.45, 7) is 0.239. The molecule has 1 aromatic rings. The van der Waals surface area contributed by atoms with Crippen LogP contribution in [0.25, 0.3) is 0 Å². The molecular formula is C14H18F3NO2S. The number of benzene rings is 1. The Morgan fingerprint density at radius 3 is 2.43 bits per heavy atom. The van der Waals surface area contributed by atoms with Crippen LogP contribution in [0.1, 0.15) is 31.2 Å². The quantitative estimate of drug-likeness (QED) is 0.832. The largest absolute Gasteiger partial charge is 0.573 e. The molecule has 0 atom stereocenters. The van der Waals surface area contributed by atoms with Crippen LogP contribution < -0.4 is 10.5 Å². The number of alkyl halides is 3. The zero-order chi connectivity index (χ0) is 15.5. The summed E-state index contributed by atoms with van der Waals surface area (Å²) in [6.07, 6.45) is -1.000. The molecule has 1 fully saturated rings. The van der Waals surface area contributed by atoms with Crippen molar-refractivity contribution in [3.05, 3.63) is 23.8 Å². The first-order valence-electron chi connectivity index (χ1n) is 6.78. The van der Waals surface area contributed by atoms with E-state index < -0.39 is 6.36 Å². The van der Waals surface area contributed by atoms with Crippen molar-refractivity contribution >= 4 is 12.6 Å². The first kappa shape index (κ1) is 16.5. The number of hydrogen-bond acceptors (Lipinski definition) is 4. The van der Waals surface area contributed by atoms with Gasteiger partial charge in [-0.1, -0.05) is 0 Å². The van der Waals surface area contributed by atoms with Crippen molar-refractivity contribution in [3.8, 4) is 5.75 Å². The van der Waals surface area contributed by atoms with Gasteiger partial charge < -0.3 is 15.2 Å². The van der Waals surface area contributed by atoms with E-state index >= 15 is 0 Å². The second-order valence-corrected chi connectivity index (χ2v) is 5.75. The number of hydrogen-bond donors (Lipinski definition) is 2. The molecule has 3 nitrogen and oxygen atoms in total. The minimum Gasteiger partial charge on any atom is -0.406 e. The molecule has 0 unspecified atom stereocenters. The van der Waals surface area contributed by atoms with Crippen LogP contribution in [0.2, 0.25) is 0 Å². The highest BCUT2D eigenvalue weighted by Gasteiger charge is 2.31. The van der Waals surface area contributed by atoms with Gasteiger partial charge >= 0.3 is 6.36 Å².